The van der Waals surface area contributed by atoms with E-state index in [4.69, 9.17) is 10.4 Å². The molecule has 0 atom stereocenters. The van der Waals surface area contributed by atoms with Crippen LogP contribution in [0.2, 0.25) is 0 Å². The van der Waals surface area contributed by atoms with Crippen molar-refractivity contribution in [1.82, 2.24) is 4.98 Å². The molecule has 7 rings (SSSR count). The van der Waals surface area contributed by atoms with Crippen LogP contribution in [0.3, 0.4) is 0 Å². The molecule has 0 spiro atoms. The van der Waals surface area contributed by atoms with E-state index in [2.05, 4.69) is 67.6 Å². The van der Waals surface area contributed by atoms with E-state index < -0.39 is 5.41 Å². The zero-order valence-corrected chi connectivity index (χ0v) is 30.8. The van der Waals surface area contributed by atoms with Gasteiger partial charge in [0.1, 0.15) is 5.76 Å². The van der Waals surface area contributed by atoms with Gasteiger partial charge in [-0.15, -0.1) is 28.8 Å². The molecule has 1 radical (unpaired) electrons. The second-order valence-corrected chi connectivity index (χ2v) is 14.8. The van der Waals surface area contributed by atoms with Crippen LogP contribution in [0.15, 0.2) is 72.6 Å². The van der Waals surface area contributed by atoms with E-state index in [0.717, 1.165) is 53.5 Å². The Morgan fingerprint density at radius 1 is 0.830 bits per heavy atom. The third-order valence-corrected chi connectivity index (χ3v) is 9.36. The number of fused-ring (bicyclic) bond motifs is 3. The van der Waals surface area contributed by atoms with Gasteiger partial charge in [-0.25, -0.2) is 0 Å². The van der Waals surface area contributed by atoms with Crippen molar-refractivity contribution in [1.29, 1.82) is 5.41 Å². The zero-order valence-electron chi connectivity index (χ0n) is 28.4. The molecule has 0 bridgehead atoms. The molecule has 0 aliphatic heterocycles. The summed E-state index contributed by atoms with van der Waals surface area (Å²) in [5.74, 6) is 0.104. The van der Waals surface area contributed by atoms with E-state index >= 15 is 0 Å². The van der Waals surface area contributed by atoms with Gasteiger partial charge in [-0.05, 0) is 94.2 Å². The molecule has 2 aliphatic carbocycles. The molecule has 5 heteroatoms. The first-order valence-corrected chi connectivity index (χ1v) is 16.2. The summed E-state index contributed by atoms with van der Waals surface area (Å²) in [7, 11) is 0. The minimum absolute atomic E-state index is 0. The summed E-state index contributed by atoms with van der Waals surface area (Å²) in [6.07, 6.45) is 9.03. The second kappa shape index (κ2) is 12.9. The van der Waals surface area contributed by atoms with E-state index in [1.165, 1.54) is 61.8 Å². The Labute approximate surface area is 292 Å². The monoisotopic (exact) mass is 800 g/mol. The maximum atomic E-state index is 11.5. The summed E-state index contributed by atoms with van der Waals surface area (Å²) >= 11 is 0. The SMILES string of the molecule is CC(C)(C)C(=O)/C=C(\O)C(C)(C)C.Cc1cc2ccc3c(-c4[c-]c5c6c(c4)CCc4cccc(c4-6)CC5)nccc3c2cc1C=N.[Ir]. The van der Waals surface area contributed by atoms with Crippen LogP contribution in [0.1, 0.15) is 74.9 Å². The molecular formula is C42H43IrN2O2-. The topological polar surface area (TPSA) is 74.0 Å². The van der Waals surface area contributed by atoms with Gasteiger partial charge in [0.05, 0.1) is 0 Å². The number of nitrogens with zero attached hydrogens (tertiary/aromatic N) is 1. The van der Waals surface area contributed by atoms with Crippen LogP contribution in [0.25, 0.3) is 43.9 Å². The number of nitrogens with one attached hydrogen (secondary N) is 1. The molecule has 0 unspecified atom stereocenters. The second-order valence-electron chi connectivity index (χ2n) is 14.8. The predicted molar refractivity (Wildman–Crippen MR) is 191 cm³/mol. The Balaban J connectivity index is 0.000000267. The molecule has 1 aromatic heterocycles. The van der Waals surface area contributed by atoms with Gasteiger partial charge in [0, 0.05) is 49.4 Å². The number of ketones is 1. The van der Waals surface area contributed by atoms with Gasteiger partial charge in [0.25, 0.3) is 0 Å². The van der Waals surface area contributed by atoms with Gasteiger partial charge < -0.3 is 15.5 Å². The van der Waals surface area contributed by atoms with Gasteiger partial charge in [-0.1, -0.05) is 89.1 Å². The maximum Gasteiger partial charge on any atom is 0.164 e. The number of aryl methyl sites for hydroxylation is 5. The van der Waals surface area contributed by atoms with Crippen molar-refractivity contribution in [2.75, 3.05) is 0 Å². The molecule has 0 saturated carbocycles. The first-order chi connectivity index (χ1) is 21.8. The van der Waals surface area contributed by atoms with Crippen LogP contribution in [0.5, 0.6) is 0 Å². The number of pyridine rings is 1. The molecule has 2 N–H and O–H groups in total. The molecule has 4 aromatic carbocycles. The Hall–Kier alpha value is -3.92. The number of hydrogen-bond acceptors (Lipinski definition) is 4. The fourth-order valence-corrected chi connectivity index (χ4v) is 6.54. The molecule has 2 aliphatic rings. The molecule has 4 nitrogen and oxygen atoms in total. The number of hydrogen-bond donors (Lipinski definition) is 2. The van der Waals surface area contributed by atoms with E-state index in [0.29, 0.717) is 0 Å². The quantitative estimate of drug-likeness (QED) is 0.0628. The molecule has 1 heterocycles. The first kappa shape index (κ1) is 34.4. The van der Waals surface area contributed by atoms with Crippen molar-refractivity contribution in [2.24, 2.45) is 10.8 Å². The largest absolute Gasteiger partial charge is 0.512 e. The molecule has 0 saturated heterocycles. The number of rotatable bonds is 3. The van der Waals surface area contributed by atoms with Crippen LogP contribution in [-0.4, -0.2) is 22.1 Å². The minimum Gasteiger partial charge on any atom is -0.512 e. The van der Waals surface area contributed by atoms with E-state index in [9.17, 15) is 9.90 Å². The number of allylic oxidation sites excluding steroid dienone is 2. The summed E-state index contributed by atoms with van der Waals surface area (Å²) in [6.45, 7) is 13.2. The number of carbonyl (C=O) groups is 1. The van der Waals surface area contributed by atoms with Crippen molar-refractivity contribution in [3.05, 3.63) is 112 Å². The van der Waals surface area contributed by atoms with Gasteiger partial charge in [-0.3, -0.25) is 4.79 Å². The average Bonchev–Trinajstić information content (AvgIpc) is 3.02. The molecule has 243 valence electrons. The molecule has 5 aromatic rings. The van der Waals surface area contributed by atoms with Crippen molar-refractivity contribution >= 4 is 33.5 Å². The Bertz CT molecular complexity index is 2030. The third-order valence-electron chi connectivity index (χ3n) is 9.36. The van der Waals surface area contributed by atoms with Gasteiger partial charge >= 0.3 is 0 Å². The maximum absolute atomic E-state index is 11.5. The smallest absolute Gasteiger partial charge is 0.164 e. The fraction of sp³-hybridized carbons (Fsp3) is 0.310. The molecular weight excluding hydrogens is 757 g/mol. The molecule has 0 amide bonds. The Morgan fingerprint density at radius 2 is 1.51 bits per heavy atom. The van der Waals surface area contributed by atoms with Crippen molar-refractivity contribution in [3.8, 4) is 22.4 Å². The first-order valence-electron chi connectivity index (χ1n) is 16.2. The van der Waals surface area contributed by atoms with Crippen LogP contribution in [0, 0.1) is 29.2 Å². The Kier molecular flexibility index (Phi) is 9.47. The number of benzene rings is 4. The predicted octanol–water partition coefficient (Wildman–Crippen LogP) is 10.1. The normalized spacial score (nSPS) is 13.7. The summed E-state index contributed by atoms with van der Waals surface area (Å²) in [6, 6.07) is 23.8. The summed E-state index contributed by atoms with van der Waals surface area (Å²) in [5, 5.41) is 22.1. The molecule has 47 heavy (non-hydrogen) atoms. The van der Waals surface area contributed by atoms with Crippen molar-refractivity contribution in [2.45, 2.75) is 74.1 Å². The zero-order chi connectivity index (χ0) is 33.0. The van der Waals surface area contributed by atoms with E-state index in [1.54, 1.807) is 0 Å². The summed E-state index contributed by atoms with van der Waals surface area (Å²) in [5.41, 5.74) is 12.2. The molecule has 0 fully saturated rings. The van der Waals surface area contributed by atoms with Gasteiger partial charge in [-0.2, -0.15) is 0 Å². The minimum atomic E-state index is -0.417. The van der Waals surface area contributed by atoms with Crippen molar-refractivity contribution in [3.63, 3.8) is 0 Å². The summed E-state index contributed by atoms with van der Waals surface area (Å²) in [4.78, 5) is 16.3. The number of aromatic nitrogens is 1. The standard InChI is InChI=1S/C31H23N2.C11H20O2.Ir/c1-18-13-21-9-10-27-26(28(21)16-25(18)17-32)11-12-33-31(27)24-14-22-7-5-19-3-2-4-20-6-8-23(15-24)30(22)29(19)20;1-10(2,3)8(12)7-9(13)11(4,5)6;/h2-4,9-14,16-17,32H,5-8H2,1H3;7,12H,1-6H3;/q-1;;/b;8-7-;. The van der Waals surface area contributed by atoms with Gasteiger partial charge in [0.2, 0.25) is 0 Å². The fourth-order valence-electron chi connectivity index (χ4n) is 6.54. The average molecular weight is 800 g/mol. The number of carbonyl (C=O) groups excluding carboxylic acids is 1. The number of aliphatic hydroxyl groups is 1. The third kappa shape index (κ3) is 6.62. The summed E-state index contributed by atoms with van der Waals surface area (Å²) < 4.78 is 0. The van der Waals surface area contributed by atoms with Crippen LogP contribution in [-0.2, 0) is 50.6 Å². The van der Waals surface area contributed by atoms with Crippen LogP contribution in [0.4, 0.5) is 0 Å². The number of aliphatic hydroxyl groups excluding tert-OH is 1. The van der Waals surface area contributed by atoms with Crippen LogP contribution >= 0.6 is 0 Å². The van der Waals surface area contributed by atoms with E-state index in [1.807, 2.05) is 47.7 Å². The van der Waals surface area contributed by atoms with E-state index in [-0.39, 0.29) is 37.1 Å². The Morgan fingerprint density at radius 3 is 2.17 bits per heavy atom. The van der Waals surface area contributed by atoms with Crippen molar-refractivity contribution < 1.29 is 30.0 Å². The van der Waals surface area contributed by atoms with Gasteiger partial charge in [0.15, 0.2) is 5.78 Å². The van der Waals surface area contributed by atoms with Crippen LogP contribution < -0.4 is 0 Å².